The molecular formula is C28H36F2N4O6S. The van der Waals surface area contributed by atoms with Crippen LogP contribution in [0.15, 0.2) is 42.5 Å². The summed E-state index contributed by atoms with van der Waals surface area (Å²) in [6.07, 6.45) is 0.194. The van der Waals surface area contributed by atoms with E-state index >= 15 is 0 Å². The van der Waals surface area contributed by atoms with Crippen LogP contribution in [-0.2, 0) is 31.0 Å². The summed E-state index contributed by atoms with van der Waals surface area (Å²) in [5, 5.41) is 0. The number of nitrogens with one attached hydrogen (secondary N) is 1. The van der Waals surface area contributed by atoms with Gasteiger partial charge in [-0.2, -0.15) is 12.7 Å². The van der Waals surface area contributed by atoms with Gasteiger partial charge in [-0.25, -0.2) is 13.5 Å². The average molecular weight is 595 g/mol. The first-order valence-corrected chi connectivity index (χ1v) is 14.5. The van der Waals surface area contributed by atoms with E-state index in [1.807, 2.05) is 4.72 Å². The van der Waals surface area contributed by atoms with Crippen LogP contribution < -0.4 is 14.4 Å². The highest BCUT2D eigenvalue weighted by molar-refractivity contribution is 7.87. The Hall–Kier alpha value is -3.58. The van der Waals surface area contributed by atoms with Gasteiger partial charge < -0.3 is 14.5 Å². The number of likely N-dealkylation sites (N-methyl/N-ethyl adjacent to an activating group) is 1. The fraction of sp³-hybridized carbons (Fsp3) is 0.464. The second-order valence-corrected chi connectivity index (χ2v) is 12.1. The van der Waals surface area contributed by atoms with E-state index in [0.29, 0.717) is 24.3 Å². The Bertz CT molecular complexity index is 1370. The molecule has 41 heavy (non-hydrogen) atoms. The van der Waals surface area contributed by atoms with Gasteiger partial charge in [0.2, 0.25) is 17.7 Å². The van der Waals surface area contributed by atoms with E-state index in [2.05, 4.69) is 0 Å². The Morgan fingerprint density at radius 2 is 1.68 bits per heavy atom. The number of carbonyl (C=O) groups is 3. The molecule has 1 unspecified atom stereocenters. The van der Waals surface area contributed by atoms with Gasteiger partial charge in [-0.3, -0.25) is 14.4 Å². The fourth-order valence-corrected chi connectivity index (χ4v) is 6.68. The Morgan fingerprint density at radius 1 is 1.07 bits per heavy atom. The summed E-state index contributed by atoms with van der Waals surface area (Å²) in [4.78, 5) is 41.8. The summed E-state index contributed by atoms with van der Waals surface area (Å²) < 4.78 is 62.2. The van der Waals surface area contributed by atoms with Gasteiger partial charge in [-0.05, 0) is 74.6 Å². The average Bonchev–Trinajstić information content (AvgIpc) is 3.32. The highest BCUT2D eigenvalue weighted by Gasteiger charge is 2.50. The molecule has 2 aromatic carbocycles. The molecule has 3 rings (SSSR count). The molecule has 3 amide bonds. The zero-order valence-electron chi connectivity index (χ0n) is 23.8. The Morgan fingerprint density at radius 3 is 2.24 bits per heavy atom. The molecule has 1 heterocycles. The molecule has 2 aromatic rings. The predicted molar refractivity (Wildman–Crippen MR) is 149 cm³/mol. The number of anilines is 1. The van der Waals surface area contributed by atoms with Gasteiger partial charge in [0.25, 0.3) is 0 Å². The molecule has 1 aliphatic rings. The van der Waals surface area contributed by atoms with Crippen LogP contribution in [0, 0.1) is 17.6 Å². The maximum absolute atomic E-state index is 13.9. The van der Waals surface area contributed by atoms with Crippen LogP contribution in [0.4, 0.5) is 14.5 Å². The van der Waals surface area contributed by atoms with Crippen LogP contribution >= 0.6 is 0 Å². The van der Waals surface area contributed by atoms with Crippen molar-refractivity contribution in [3.05, 3.63) is 59.7 Å². The van der Waals surface area contributed by atoms with Crippen molar-refractivity contribution in [3.8, 4) is 5.75 Å². The van der Waals surface area contributed by atoms with Crippen molar-refractivity contribution in [2.75, 3.05) is 39.7 Å². The van der Waals surface area contributed by atoms with E-state index in [0.717, 1.165) is 22.5 Å². The van der Waals surface area contributed by atoms with Crippen LogP contribution in [0.5, 0.6) is 5.75 Å². The minimum Gasteiger partial charge on any atom is -0.497 e. The smallest absolute Gasteiger partial charge is 0.304 e. The minimum atomic E-state index is -4.37. The third-order valence-corrected chi connectivity index (χ3v) is 8.89. The zero-order valence-corrected chi connectivity index (χ0v) is 24.6. The van der Waals surface area contributed by atoms with Crippen LogP contribution in [0.3, 0.4) is 0 Å². The molecule has 224 valence electrons. The number of methoxy groups -OCH3 is 1. The van der Waals surface area contributed by atoms with Gasteiger partial charge in [-0.15, -0.1) is 0 Å². The standard InChI is InChI=1S/C28H36F2N4O6S/c1-28(27(37)32(2)3)13-6-14-34(28)41(38,39)31-25(35)12-7-20(15-19-16-21(29)18-22(30)17-19)26(36)33(4)23-8-10-24(40-5)11-9-23/h8-11,16-18,20H,6-7,12-15H2,1-5H3,(H,31,35)/t20-,28?/m0/s1. The summed E-state index contributed by atoms with van der Waals surface area (Å²) in [7, 11) is 1.72. The molecular weight excluding hydrogens is 558 g/mol. The molecule has 1 aliphatic heterocycles. The highest BCUT2D eigenvalue weighted by Crippen LogP contribution is 2.33. The Labute approximate surface area is 239 Å². The quantitative estimate of drug-likeness (QED) is 0.428. The maximum Gasteiger partial charge on any atom is 0.304 e. The summed E-state index contributed by atoms with van der Waals surface area (Å²) in [6, 6.07) is 9.60. The molecule has 0 saturated carbocycles. The number of ether oxygens (including phenoxy) is 1. The minimum absolute atomic E-state index is 0.0671. The van der Waals surface area contributed by atoms with Gasteiger partial charge in [0.1, 0.15) is 22.9 Å². The van der Waals surface area contributed by atoms with Crippen LogP contribution in [0.1, 0.15) is 38.2 Å². The van der Waals surface area contributed by atoms with Crippen LogP contribution in [0.25, 0.3) is 0 Å². The SMILES string of the molecule is COc1ccc(N(C)C(=O)[C@@H](CCC(=O)NS(=O)(=O)N2CCCC2(C)C(=O)N(C)C)Cc2cc(F)cc(F)c2)cc1. The van der Waals surface area contributed by atoms with Gasteiger partial charge in [0.05, 0.1) is 7.11 Å². The first kappa shape index (κ1) is 31.9. The second kappa shape index (κ2) is 12.9. The number of benzene rings is 2. The Balaban J connectivity index is 1.78. The number of carbonyl (C=O) groups excluding carboxylic acids is 3. The van der Waals surface area contributed by atoms with E-state index < -0.39 is 51.0 Å². The lowest BCUT2D eigenvalue weighted by molar-refractivity contribution is -0.137. The van der Waals surface area contributed by atoms with Crippen molar-refractivity contribution in [1.82, 2.24) is 13.9 Å². The number of hydrogen-bond donors (Lipinski definition) is 1. The summed E-state index contributed by atoms with van der Waals surface area (Å²) in [5.74, 6) is -3.64. The molecule has 0 aromatic heterocycles. The topological polar surface area (TPSA) is 116 Å². The van der Waals surface area contributed by atoms with E-state index in [9.17, 15) is 31.6 Å². The molecule has 2 atom stereocenters. The van der Waals surface area contributed by atoms with Crippen molar-refractivity contribution < 1.29 is 36.3 Å². The molecule has 13 heteroatoms. The molecule has 0 aliphatic carbocycles. The fourth-order valence-electron chi connectivity index (χ4n) is 5.11. The van der Waals surface area contributed by atoms with Gasteiger partial charge in [-0.1, -0.05) is 0 Å². The zero-order chi connectivity index (χ0) is 30.5. The van der Waals surface area contributed by atoms with Crippen molar-refractivity contribution in [2.45, 2.75) is 44.6 Å². The summed E-state index contributed by atoms with van der Waals surface area (Å²) in [6.45, 7) is 1.59. The molecule has 0 radical (unpaired) electrons. The molecule has 0 spiro atoms. The van der Waals surface area contributed by atoms with Gasteiger partial charge in [0, 0.05) is 51.8 Å². The van der Waals surface area contributed by atoms with Crippen molar-refractivity contribution in [3.63, 3.8) is 0 Å². The number of nitrogens with zero attached hydrogens (tertiary/aromatic N) is 3. The summed E-state index contributed by atoms with van der Waals surface area (Å²) >= 11 is 0. The second-order valence-electron chi connectivity index (χ2n) is 10.5. The normalized spacial score (nSPS) is 18.0. The first-order chi connectivity index (χ1) is 19.2. The molecule has 0 bridgehead atoms. The van der Waals surface area contributed by atoms with Gasteiger partial charge in [0.15, 0.2) is 0 Å². The van der Waals surface area contributed by atoms with Crippen molar-refractivity contribution in [1.29, 1.82) is 0 Å². The van der Waals surface area contributed by atoms with Crippen LogP contribution in [0.2, 0.25) is 0 Å². The lowest BCUT2D eigenvalue weighted by Crippen LogP contribution is -2.58. The molecule has 1 fully saturated rings. The monoisotopic (exact) mass is 594 g/mol. The van der Waals surface area contributed by atoms with Gasteiger partial charge >= 0.3 is 10.2 Å². The number of hydrogen-bond acceptors (Lipinski definition) is 6. The number of amides is 3. The molecule has 1 saturated heterocycles. The lowest BCUT2D eigenvalue weighted by Gasteiger charge is -2.34. The van der Waals surface area contributed by atoms with Crippen LogP contribution in [-0.4, -0.2) is 75.7 Å². The third-order valence-electron chi connectivity index (χ3n) is 7.24. The Kier molecular flexibility index (Phi) is 10.1. The van der Waals surface area contributed by atoms with E-state index in [1.54, 1.807) is 24.3 Å². The van der Waals surface area contributed by atoms with Crippen molar-refractivity contribution >= 4 is 33.6 Å². The van der Waals surface area contributed by atoms with Crippen molar-refractivity contribution in [2.24, 2.45) is 5.92 Å². The van der Waals surface area contributed by atoms with E-state index in [1.165, 1.54) is 45.0 Å². The third kappa shape index (κ3) is 7.59. The number of rotatable bonds is 11. The van der Waals surface area contributed by atoms with E-state index in [4.69, 9.17) is 4.74 Å². The number of halogens is 2. The molecule has 10 nitrogen and oxygen atoms in total. The lowest BCUT2D eigenvalue weighted by atomic mass is 9.93. The highest BCUT2D eigenvalue weighted by atomic mass is 32.2. The summed E-state index contributed by atoms with van der Waals surface area (Å²) in [5.41, 5.74) is -0.597. The predicted octanol–water partition coefficient (Wildman–Crippen LogP) is 2.88. The largest absolute Gasteiger partial charge is 0.497 e. The maximum atomic E-state index is 13.9. The first-order valence-electron chi connectivity index (χ1n) is 13.1. The van der Waals surface area contributed by atoms with E-state index in [-0.39, 0.29) is 31.4 Å². The molecule has 1 N–H and O–H groups in total.